The zero-order valence-electron chi connectivity index (χ0n) is 17.9. The number of aryl methyl sites for hydroxylation is 2. The molecule has 1 amide bonds. The summed E-state index contributed by atoms with van der Waals surface area (Å²) in [4.78, 5) is 14.8. The van der Waals surface area contributed by atoms with Crippen LogP contribution in [-0.4, -0.2) is 50.5 Å². The lowest BCUT2D eigenvalue weighted by molar-refractivity contribution is 0.0677. The minimum absolute atomic E-state index is 0.111. The molecule has 1 aromatic carbocycles. The van der Waals surface area contributed by atoms with E-state index >= 15 is 0 Å². The summed E-state index contributed by atoms with van der Waals surface area (Å²) in [6, 6.07) is 9.73. The summed E-state index contributed by atoms with van der Waals surface area (Å²) in [6.07, 6.45) is 5.53. The van der Waals surface area contributed by atoms with Crippen molar-refractivity contribution in [1.29, 1.82) is 0 Å². The molecule has 0 saturated carbocycles. The Morgan fingerprint density at radius 3 is 2.47 bits per heavy atom. The van der Waals surface area contributed by atoms with Crippen molar-refractivity contribution in [3.05, 3.63) is 47.8 Å². The zero-order valence-corrected chi connectivity index (χ0v) is 18.7. The quantitative estimate of drug-likeness (QED) is 0.694. The van der Waals surface area contributed by atoms with Gasteiger partial charge in [0.05, 0.1) is 6.61 Å². The van der Waals surface area contributed by atoms with Crippen molar-refractivity contribution in [3.63, 3.8) is 0 Å². The van der Waals surface area contributed by atoms with Gasteiger partial charge in [0.2, 0.25) is 10.0 Å². The number of piperidine rings is 1. The van der Waals surface area contributed by atoms with Gasteiger partial charge in [0, 0.05) is 26.3 Å². The second kappa shape index (κ2) is 9.66. The third-order valence-corrected chi connectivity index (χ3v) is 7.14. The van der Waals surface area contributed by atoms with E-state index in [0.717, 1.165) is 31.4 Å². The summed E-state index contributed by atoms with van der Waals surface area (Å²) in [5.41, 5.74) is 1.70. The Morgan fingerprint density at radius 2 is 1.87 bits per heavy atom. The van der Waals surface area contributed by atoms with Gasteiger partial charge in [-0.1, -0.05) is 12.1 Å². The first-order chi connectivity index (χ1) is 14.3. The standard InChI is InChI=1S/C22H31N3O4S/c1-4-29-19-9-7-17(8-10-19)5-6-18-11-13-25(14-12-18)22(26)21-15-20(16-24(21)3)30(27,28)23-2/h7-10,15-16,18,23H,4-6,11-14H2,1-3H3. The van der Waals surface area contributed by atoms with E-state index in [1.54, 1.807) is 11.6 Å². The molecule has 2 heterocycles. The molecule has 1 aliphatic heterocycles. The van der Waals surface area contributed by atoms with Crippen LogP contribution in [0.5, 0.6) is 5.75 Å². The highest BCUT2D eigenvalue weighted by Crippen LogP contribution is 2.25. The Morgan fingerprint density at radius 1 is 1.20 bits per heavy atom. The third kappa shape index (κ3) is 5.23. The summed E-state index contributed by atoms with van der Waals surface area (Å²) < 4.78 is 33.3. The fourth-order valence-electron chi connectivity index (χ4n) is 3.89. The lowest BCUT2D eigenvalue weighted by Crippen LogP contribution is -2.39. The molecule has 7 nitrogen and oxygen atoms in total. The first kappa shape index (κ1) is 22.4. The molecule has 0 spiro atoms. The smallest absolute Gasteiger partial charge is 0.270 e. The van der Waals surface area contributed by atoms with Gasteiger partial charge in [-0.15, -0.1) is 0 Å². The molecule has 8 heteroatoms. The first-order valence-electron chi connectivity index (χ1n) is 10.4. The number of carbonyl (C=O) groups excluding carboxylic acids is 1. The van der Waals surface area contributed by atoms with Crippen LogP contribution in [0.3, 0.4) is 0 Å². The van der Waals surface area contributed by atoms with E-state index in [1.807, 2.05) is 24.0 Å². The van der Waals surface area contributed by atoms with Crippen molar-refractivity contribution in [1.82, 2.24) is 14.2 Å². The van der Waals surface area contributed by atoms with E-state index in [9.17, 15) is 13.2 Å². The number of rotatable bonds is 8. The Bertz CT molecular complexity index is 959. The maximum atomic E-state index is 12.9. The second-order valence-corrected chi connectivity index (χ2v) is 9.62. The molecule has 1 N–H and O–H groups in total. The predicted molar refractivity (Wildman–Crippen MR) is 116 cm³/mol. The van der Waals surface area contributed by atoms with Gasteiger partial charge in [0.25, 0.3) is 5.91 Å². The third-order valence-electron chi connectivity index (χ3n) is 5.76. The minimum atomic E-state index is -3.56. The topological polar surface area (TPSA) is 80.6 Å². The zero-order chi connectivity index (χ0) is 21.7. The molecule has 0 radical (unpaired) electrons. The predicted octanol–water partition coefficient (Wildman–Crippen LogP) is 2.82. The highest BCUT2D eigenvalue weighted by atomic mass is 32.2. The largest absolute Gasteiger partial charge is 0.494 e. The van der Waals surface area contributed by atoms with Crippen molar-refractivity contribution in [2.75, 3.05) is 26.7 Å². The highest BCUT2D eigenvalue weighted by Gasteiger charge is 2.26. The number of sulfonamides is 1. The number of ether oxygens (including phenoxy) is 1. The Labute approximate surface area is 179 Å². The molecule has 0 aliphatic carbocycles. The average molecular weight is 434 g/mol. The van der Waals surface area contributed by atoms with Gasteiger partial charge in [-0.2, -0.15) is 0 Å². The molecular weight excluding hydrogens is 402 g/mol. The molecule has 1 aromatic heterocycles. The van der Waals surface area contributed by atoms with Crippen LogP contribution < -0.4 is 9.46 Å². The number of amides is 1. The van der Waals surface area contributed by atoms with Crippen molar-refractivity contribution in [3.8, 4) is 5.75 Å². The molecule has 0 bridgehead atoms. The van der Waals surface area contributed by atoms with Crippen molar-refractivity contribution >= 4 is 15.9 Å². The van der Waals surface area contributed by atoms with Gasteiger partial charge in [-0.3, -0.25) is 4.79 Å². The van der Waals surface area contributed by atoms with Crippen molar-refractivity contribution in [2.24, 2.45) is 13.0 Å². The molecule has 1 fully saturated rings. The monoisotopic (exact) mass is 433 g/mol. The molecule has 1 saturated heterocycles. The van der Waals surface area contributed by atoms with Gasteiger partial charge in [-0.05, 0) is 69.3 Å². The average Bonchev–Trinajstić information content (AvgIpc) is 3.16. The van der Waals surface area contributed by atoms with E-state index in [4.69, 9.17) is 4.74 Å². The Kier molecular flexibility index (Phi) is 7.20. The molecule has 3 rings (SSSR count). The number of hydrogen-bond acceptors (Lipinski definition) is 4. The number of nitrogens with zero attached hydrogens (tertiary/aromatic N) is 2. The number of benzene rings is 1. The molecule has 164 valence electrons. The fourth-order valence-corrected chi connectivity index (χ4v) is 4.69. The molecular formula is C22H31N3O4S. The molecule has 1 aliphatic rings. The highest BCUT2D eigenvalue weighted by molar-refractivity contribution is 7.89. The van der Waals surface area contributed by atoms with E-state index < -0.39 is 10.0 Å². The summed E-state index contributed by atoms with van der Waals surface area (Å²) >= 11 is 0. The van der Waals surface area contributed by atoms with E-state index in [1.165, 1.54) is 24.9 Å². The summed E-state index contributed by atoms with van der Waals surface area (Å²) in [5, 5.41) is 0. The first-order valence-corrected chi connectivity index (χ1v) is 11.9. The summed E-state index contributed by atoms with van der Waals surface area (Å²) in [5.74, 6) is 1.38. The van der Waals surface area contributed by atoms with E-state index in [0.29, 0.717) is 31.3 Å². The van der Waals surface area contributed by atoms with Crippen LogP contribution in [-0.2, 0) is 23.5 Å². The van der Waals surface area contributed by atoms with Crippen LogP contribution in [0.15, 0.2) is 41.4 Å². The van der Waals surface area contributed by atoms with Crippen LogP contribution in [0.1, 0.15) is 42.2 Å². The SMILES string of the molecule is CCOc1ccc(CCC2CCN(C(=O)c3cc(S(=O)(=O)NC)cn3C)CC2)cc1. The lowest BCUT2D eigenvalue weighted by atomic mass is 9.90. The Balaban J connectivity index is 1.52. The van der Waals surface area contributed by atoms with Crippen LogP contribution in [0.25, 0.3) is 0 Å². The number of hydrogen-bond donors (Lipinski definition) is 1. The van der Waals surface area contributed by atoms with Gasteiger partial charge in [-0.25, -0.2) is 13.1 Å². The number of likely N-dealkylation sites (tertiary alicyclic amines) is 1. The molecule has 0 unspecified atom stereocenters. The lowest BCUT2D eigenvalue weighted by Gasteiger charge is -2.32. The maximum Gasteiger partial charge on any atom is 0.270 e. The van der Waals surface area contributed by atoms with E-state index in [-0.39, 0.29) is 10.8 Å². The van der Waals surface area contributed by atoms with Crippen LogP contribution in [0.2, 0.25) is 0 Å². The molecule has 2 aromatic rings. The van der Waals surface area contributed by atoms with Gasteiger partial charge in [0.1, 0.15) is 16.3 Å². The van der Waals surface area contributed by atoms with Crippen LogP contribution in [0, 0.1) is 5.92 Å². The van der Waals surface area contributed by atoms with Gasteiger partial charge in [0.15, 0.2) is 0 Å². The van der Waals surface area contributed by atoms with Gasteiger partial charge < -0.3 is 14.2 Å². The maximum absolute atomic E-state index is 12.9. The van der Waals surface area contributed by atoms with Crippen molar-refractivity contribution in [2.45, 2.75) is 37.5 Å². The van der Waals surface area contributed by atoms with E-state index in [2.05, 4.69) is 16.9 Å². The Hall–Kier alpha value is -2.32. The molecule has 0 atom stereocenters. The number of nitrogens with one attached hydrogen (secondary N) is 1. The molecule has 30 heavy (non-hydrogen) atoms. The van der Waals surface area contributed by atoms with Crippen molar-refractivity contribution < 1.29 is 17.9 Å². The summed E-state index contributed by atoms with van der Waals surface area (Å²) in [6.45, 7) is 4.05. The normalized spacial score (nSPS) is 15.4. The van der Waals surface area contributed by atoms with Crippen LogP contribution >= 0.6 is 0 Å². The van der Waals surface area contributed by atoms with Gasteiger partial charge >= 0.3 is 0 Å². The van der Waals surface area contributed by atoms with Crippen LogP contribution in [0.4, 0.5) is 0 Å². The number of carbonyl (C=O) groups is 1. The summed E-state index contributed by atoms with van der Waals surface area (Å²) in [7, 11) is -0.499. The number of aromatic nitrogens is 1. The second-order valence-electron chi connectivity index (χ2n) is 7.73. The fraction of sp³-hybridized carbons (Fsp3) is 0.500. The minimum Gasteiger partial charge on any atom is -0.494 e.